The predicted molar refractivity (Wildman–Crippen MR) is 128 cm³/mol. The minimum Gasteiger partial charge on any atom is -0.497 e. The highest BCUT2D eigenvalue weighted by molar-refractivity contribution is 5.75. The topological polar surface area (TPSA) is 45.5 Å². The molecule has 0 atom stereocenters. The van der Waals surface area contributed by atoms with E-state index in [2.05, 4.69) is 48.0 Å². The van der Waals surface area contributed by atoms with Crippen LogP contribution in [0.5, 0.6) is 17.2 Å². The molecule has 3 aromatic carbocycles. The Morgan fingerprint density at radius 1 is 0.719 bits per heavy atom. The van der Waals surface area contributed by atoms with Gasteiger partial charge in [0.25, 0.3) is 0 Å². The van der Waals surface area contributed by atoms with Gasteiger partial charge < -0.3 is 14.2 Å². The van der Waals surface area contributed by atoms with Crippen LogP contribution < -0.4 is 14.2 Å². The van der Waals surface area contributed by atoms with E-state index in [1.54, 1.807) is 21.3 Å². The van der Waals surface area contributed by atoms with Crippen molar-refractivity contribution in [1.82, 2.24) is 9.78 Å². The molecule has 0 aliphatic rings. The number of aromatic nitrogens is 2. The Labute approximate surface area is 189 Å². The van der Waals surface area contributed by atoms with Gasteiger partial charge in [-0.15, -0.1) is 0 Å². The van der Waals surface area contributed by atoms with Crippen molar-refractivity contribution in [1.29, 1.82) is 0 Å². The molecular weight excluding hydrogens is 400 g/mol. The van der Waals surface area contributed by atoms with Gasteiger partial charge in [-0.25, -0.2) is 0 Å². The van der Waals surface area contributed by atoms with E-state index < -0.39 is 0 Å². The van der Waals surface area contributed by atoms with Crippen molar-refractivity contribution in [2.75, 3.05) is 21.3 Å². The summed E-state index contributed by atoms with van der Waals surface area (Å²) in [6, 6.07) is 24.4. The molecule has 4 rings (SSSR count). The molecule has 32 heavy (non-hydrogen) atoms. The van der Waals surface area contributed by atoms with Gasteiger partial charge in [-0.3, -0.25) is 4.68 Å². The summed E-state index contributed by atoms with van der Waals surface area (Å²) < 4.78 is 18.2. The van der Waals surface area contributed by atoms with Crippen LogP contribution in [0.25, 0.3) is 22.5 Å². The zero-order valence-electron chi connectivity index (χ0n) is 19.0. The Balaban J connectivity index is 1.85. The van der Waals surface area contributed by atoms with Crippen molar-refractivity contribution < 1.29 is 14.2 Å². The lowest BCUT2D eigenvalue weighted by atomic mass is 9.99. The first-order valence-electron chi connectivity index (χ1n) is 10.7. The molecule has 164 valence electrons. The van der Waals surface area contributed by atoms with Gasteiger partial charge >= 0.3 is 0 Å². The van der Waals surface area contributed by atoms with Crippen molar-refractivity contribution in [3.05, 3.63) is 83.9 Å². The lowest BCUT2D eigenvalue weighted by Gasteiger charge is -2.11. The van der Waals surface area contributed by atoms with Crippen LogP contribution in [-0.2, 0) is 13.0 Å². The average Bonchev–Trinajstić information content (AvgIpc) is 3.22. The fraction of sp³-hybridized carbons (Fsp3) is 0.222. The summed E-state index contributed by atoms with van der Waals surface area (Å²) in [5, 5.41) is 5.08. The lowest BCUT2D eigenvalue weighted by molar-refractivity contribution is 0.414. The quantitative estimate of drug-likeness (QED) is 0.353. The summed E-state index contributed by atoms with van der Waals surface area (Å²) in [5.74, 6) is 2.51. The molecule has 0 N–H and O–H groups in total. The molecule has 1 heterocycles. The SMILES string of the molecule is CCc1c(-c2ccc(OC)cc2)nn(Cc2cccc(OC)c2)c1-c1ccc(OC)cc1. The average molecular weight is 429 g/mol. The molecule has 0 saturated carbocycles. The smallest absolute Gasteiger partial charge is 0.119 e. The third kappa shape index (κ3) is 4.33. The summed E-state index contributed by atoms with van der Waals surface area (Å²) in [5.41, 5.74) is 6.63. The van der Waals surface area contributed by atoms with Crippen LogP contribution in [0.3, 0.4) is 0 Å². The van der Waals surface area contributed by atoms with Crippen molar-refractivity contribution in [3.63, 3.8) is 0 Å². The number of hydrogen-bond acceptors (Lipinski definition) is 4. The Morgan fingerprint density at radius 3 is 1.88 bits per heavy atom. The minimum absolute atomic E-state index is 0.641. The van der Waals surface area contributed by atoms with Gasteiger partial charge in [0.1, 0.15) is 17.2 Å². The first-order chi connectivity index (χ1) is 15.7. The van der Waals surface area contributed by atoms with E-state index in [-0.39, 0.29) is 0 Å². The molecule has 5 nitrogen and oxygen atoms in total. The third-order valence-electron chi connectivity index (χ3n) is 5.60. The van der Waals surface area contributed by atoms with Gasteiger partial charge in [0.2, 0.25) is 0 Å². The second-order valence-corrected chi connectivity index (χ2v) is 7.50. The summed E-state index contributed by atoms with van der Waals surface area (Å²) in [7, 11) is 5.05. The van der Waals surface area contributed by atoms with Crippen LogP contribution >= 0.6 is 0 Å². The lowest BCUT2D eigenvalue weighted by Crippen LogP contribution is -2.05. The molecule has 0 radical (unpaired) electrons. The number of benzene rings is 3. The molecule has 0 saturated heterocycles. The van der Waals surface area contributed by atoms with E-state index in [9.17, 15) is 0 Å². The summed E-state index contributed by atoms with van der Waals surface area (Å²) >= 11 is 0. The maximum absolute atomic E-state index is 5.42. The van der Waals surface area contributed by atoms with Crippen LogP contribution in [-0.4, -0.2) is 31.1 Å². The van der Waals surface area contributed by atoms with Gasteiger partial charge in [0.15, 0.2) is 0 Å². The second kappa shape index (κ2) is 9.60. The molecular formula is C27H28N2O3. The van der Waals surface area contributed by atoms with Gasteiger partial charge in [-0.2, -0.15) is 5.10 Å². The molecule has 0 spiro atoms. The van der Waals surface area contributed by atoms with E-state index >= 15 is 0 Å². The third-order valence-corrected chi connectivity index (χ3v) is 5.60. The van der Waals surface area contributed by atoms with Crippen molar-refractivity contribution in [3.8, 4) is 39.8 Å². The zero-order chi connectivity index (χ0) is 22.5. The number of ether oxygens (including phenoxy) is 3. The summed E-state index contributed by atoms with van der Waals surface area (Å²) in [6.45, 7) is 2.81. The molecule has 5 heteroatoms. The molecule has 0 aliphatic carbocycles. The fourth-order valence-electron chi connectivity index (χ4n) is 3.95. The van der Waals surface area contributed by atoms with Gasteiger partial charge in [-0.05, 0) is 72.6 Å². The van der Waals surface area contributed by atoms with Gasteiger partial charge in [0.05, 0.1) is 39.3 Å². The van der Waals surface area contributed by atoms with Crippen LogP contribution in [0.15, 0.2) is 72.8 Å². The Hall–Kier alpha value is -3.73. The molecule has 0 fully saturated rings. The molecule has 0 aliphatic heterocycles. The monoisotopic (exact) mass is 428 g/mol. The van der Waals surface area contributed by atoms with Crippen molar-refractivity contribution in [2.24, 2.45) is 0 Å². The second-order valence-electron chi connectivity index (χ2n) is 7.50. The van der Waals surface area contributed by atoms with E-state index in [0.717, 1.165) is 51.7 Å². The van der Waals surface area contributed by atoms with Crippen molar-refractivity contribution in [2.45, 2.75) is 19.9 Å². The maximum Gasteiger partial charge on any atom is 0.119 e. The van der Waals surface area contributed by atoms with Crippen molar-refractivity contribution >= 4 is 0 Å². The zero-order valence-corrected chi connectivity index (χ0v) is 19.0. The predicted octanol–water partition coefficient (Wildman–Crippen LogP) is 5.85. The molecule has 0 bridgehead atoms. The summed E-state index contributed by atoms with van der Waals surface area (Å²) in [4.78, 5) is 0. The van der Waals surface area contributed by atoms with Crippen LogP contribution in [0.1, 0.15) is 18.1 Å². The molecule has 0 unspecified atom stereocenters. The van der Waals surface area contributed by atoms with E-state index in [1.807, 2.05) is 36.4 Å². The largest absolute Gasteiger partial charge is 0.497 e. The Morgan fingerprint density at radius 2 is 1.31 bits per heavy atom. The van der Waals surface area contributed by atoms with E-state index in [0.29, 0.717) is 6.54 Å². The highest BCUT2D eigenvalue weighted by Crippen LogP contribution is 2.35. The van der Waals surface area contributed by atoms with Crippen LogP contribution in [0.2, 0.25) is 0 Å². The van der Waals surface area contributed by atoms with E-state index in [1.165, 1.54) is 5.56 Å². The van der Waals surface area contributed by atoms with E-state index in [4.69, 9.17) is 19.3 Å². The number of methoxy groups -OCH3 is 3. The van der Waals surface area contributed by atoms with Crippen LogP contribution in [0, 0.1) is 0 Å². The number of nitrogens with zero attached hydrogens (tertiary/aromatic N) is 2. The Bertz CT molecular complexity index is 1180. The highest BCUT2D eigenvalue weighted by Gasteiger charge is 2.20. The minimum atomic E-state index is 0.641. The van der Waals surface area contributed by atoms with Crippen LogP contribution in [0.4, 0.5) is 0 Å². The molecule has 1 aromatic heterocycles. The molecule has 4 aromatic rings. The van der Waals surface area contributed by atoms with Gasteiger partial charge in [-0.1, -0.05) is 19.1 Å². The van der Waals surface area contributed by atoms with Gasteiger partial charge in [0, 0.05) is 16.7 Å². The Kier molecular flexibility index (Phi) is 6.45. The normalized spacial score (nSPS) is 10.8. The maximum atomic E-state index is 5.42. The highest BCUT2D eigenvalue weighted by atomic mass is 16.5. The summed E-state index contributed by atoms with van der Waals surface area (Å²) in [6.07, 6.45) is 0.862. The first-order valence-corrected chi connectivity index (χ1v) is 10.7. The standard InChI is InChI=1S/C27H28N2O3/c1-5-25-26(20-9-13-22(30-2)14-10-20)28-29(18-19-7-6-8-24(17-19)32-4)27(25)21-11-15-23(31-3)16-12-21/h6-17H,5,18H2,1-4H3. The number of rotatable bonds is 8. The fourth-order valence-corrected chi connectivity index (χ4v) is 3.95. The number of hydrogen-bond donors (Lipinski definition) is 0. The first kappa shape index (κ1) is 21.5. The molecule has 0 amide bonds.